The quantitative estimate of drug-likeness (QED) is 0.769. The molecule has 1 aromatic rings. The predicted octanol–water partition coefficient (Wildman–Crippen LogP) is 3.27. The third-order valence-corrected chi connectivity index (χ3v) is 3.86. The monoisotopic (exact) mass is 224 g/mol. The summed E-state index contributed by atoms with van der Waals surface area (Å²) in [4.78, 5) is 11.7. The molecule has 1 saturated carbocycles. The largest absolute Gasteiger partial charge is 0.468 e. The van der Waals surface area contributed by atoms with Gasteiger partial charge in [-0.05, 0) is 25.0 Å². The highest BCUT2D eigenvalue weighted by atomic mass is 32.2. The Hall–Kier alpha value is -0.700. The number of hydrogen-bond acceptors (Lipinski definition) is 3. The van der Waals surface area contributed by atoms with E-state index in [-0.39, 0.29) is 0 Å². The normalized spacial score (nSPS) is 17.1. The van der Waals surface area contributed by atoms with Gasteiger partial charge in [-0.3, -0.25) is 4.79 Å². The molecule has 2 rings (SSSR count). The van der Waals surface area contributed by atoms with Crippen LogP contribution in [-0.2, 0) is 10.5 Å². The van der Waals surface area contributed by atoms with E-state index in [4.69, 9.17) is 4.42 Å². The Bertz CT molecular complexity index is 299. The summed E-state index contributed by atoms with van der Waals surface area (Å²) < 4.78 is 5.21. The molecule has 1 fully saturated rings. The topological polar surface area (TPSA) is 30.2 Å². The summed E-state index contributed by atoms with van der Waals surface area (Å²) in [6, 6.07) is 3.84. The fourth-order valence-electron chi connectivity index (χ4n) is 2.01. The van der Waals surface area contributed by atoms with Crippen molar-refractivity contribution in [1.29, 1.82) is 0 Å². The first kappa shape index (κ1) is 10.8. The molecule has 1 aliphatic carbocycles. The van der Waals surface area contributed by atoms with Crippen LogP contribution in [0, 0.1) is 5.92 Å². The van der Waals surface area contributed by atoms with E-state index < -0.39 is 0 Å². The smallest absolute Gasteiger partial charge is 0.145 e. The summed E-state index contributed by atoms with van der Waals surface area (Å²) >= 11 is 1.66. The van der Waals surface area contributed by atoms with Crippen molar-refractivity contribution in [3.63, 3.8) is 0 Å². The second-order valence-electron chi connectivity index (χ2n) is 4.02. The predicted molar refractivity (Wildman–Crippen MR) is 61.8 cm³/mol. The standard InChI is InChI=1S/C12H16O2S/c13-12(10-4-1-2-5-10)9-15-8-11-6-3-7-14-11/h3,6-7,10H,1-2,4-5,8-9H2. The first-order valence-corrected chi connectivity index (χ1v) is 6.64. The van der Waals surface area contributed by atoms with Gasteiger partial charge >= 0.3 is 0 Å². The van der Waals surface area contributed by atoms with Crippen LogP contribution in [-0.4, -0.2) is 11.5 Å². The van der Waals surface area contributed by atoms with Gasteiger partial charge in [0.2, 0.25) is 0 Å². The van der Waals surface area contributed by atoms with Crippen LogP contribution >= 0.6 is 11.8 Å². The maximum Gasteiger partial charge on any atom is 0.145 e. The number of thioether (sulfide) groups is 1. The van der Waals surface area contributed by atoms with Gasteiger partial charge in [-0.25, -0.2) is 0 Å². The lowest BCUT2D eigenvalue weighted by molar-refractivity contribution is -0.120. The molecule has 3 heteroatoms. The van der Waals surface area contributed by atoms with E-state index in [0.717, 1.165) is 24.4 Å². The maximum absolute atomic E-state index is 11.7. The molecule has 1 heterocycles. The molecule has 0 atom stereocenters. The number of carbonyl (C=O) groups is 1. The van der Waals surface area contributed by atoms with Crippen LogP contribution in [0.2, 0.25) is 0 Å². The van der Waals surface area contributed by atoms with Crippen LogP contribution < -0.4 is 0 Å². The molecule has 0 aliphatic heterocycles. The van der Waals surface area contributed by atoms with Crippen LogP contribution in [0.1, 0.15) is 31.4 Å². The van der Waals surface area contributed by atoms with E-state index >= 15 is 0 Å². The molecular weight excluding hydrogens is 208 g/mol. The number of hydrogen-bond donors (Lipinski definition) is 0. The minimum atomic E-state index is 0.356. The Kier molecular flexibility index (Phi) is 3.89. The number of carbonyl (C=O) groups excluding carboxylic acids is 1. The summed E-state index contributed by atoms with van der Waals surface area (Å²) in [5.74, 6) is 3.20. The van der Waals surface area contributed by atoms with Crippen molar-refractivity contribution in [2.45, 2.75) is 31.4 Å². The van der Waals surface area contributed by atoms with Gasteiger partial charge in [-0.15, -0.1) is 11.8 Å². The molecule has 1 aromatic heterocycles. The molecule has 0 radical (unpaired) electrons. The molecule has 1 aliphatic rings. The van der Waals surface area contributed by atoms with Gasteiger partial charge in [-0.1, -0.05) is 12.8 Å². The highest BCUT2D eigenvalue weighted by molar-refractivity contribution is 7.99. The van der Waals surface area contributed by atoms with Gasteiger partial charge in [0.05, 0.1) is 17.8 Å². The van der Waals surface area contributed by atoms with E-state index in [9.17, 15) is 4.79 Å². The lowest BCUT2D eigenvalue weighted by atomic mass is 10.0. The zero-order valence-electron chi connectivity index (χ0n) is 8.78. The summed E-state index contributed by atoms with van der Waals surface area (Å²) in [6.45, 7) is 0. The van der Waals surface area contributed by atoms with Gasteiger partial charge in [0.1, 0.15) is 11.5 Å². The van der Waals surface area contributed by atoms with E-state index in [1.54, 1.807) is 18.0 Å². The average Bonchev–Trinajstić information content (AvgIpc) is 2.90. The van der Waals surface area contributed by atoms with Gasteiger partial charge in [0.25, 0.3) is 0 Å². The van der Waals surface area contributed by atoms with Crippen molar-refractivity contribution in [3.05, 3.63) is 24.2 Å². The number of rotatable bonds is 5. The highest BCUT2D eigenvalue weighted by Gasteiger charge is 2.21. The molecule has 2 nitrogen and oxygen atoms in total. The number of ketones is 1. The summed E-state index contributed by atoms with van der Waals surface area (Å²) in [6.07, 6.45) is 6.37. The van der Waals surface area contributed by atoms with Crippen molar-refractivity contribution in [3.8, 4) is 0 Å². The van der Waals surface area contributed by atoms with Crippen LogP contribution in [0.25, 0.3) is 0 Å². The summed E-state index contributed by atoms with van der Waals surface area (Å²) in [7, 11) is 0. The van der Waals surface area contributed by atoms with Crippen molar-refractivity contribution in [2.75, 3.05) is 5.75 Å². The third kappa shape index (κ3) is 3.13. The van der Waals surface area contributed by atoms with E-state index in [0.29, 0.717) is 17.5 Å². The van der Waals surface area contributed by atoms with Crippen molar-refractivity contribution in [1.82, 2.24) is 0 Å². The zero-order chi connectivity index (χ0) is 10.5. The molecule has 0 aromatic carbocycles. The number of Topliss-reactive ketones (excluding diaryl/α,β-unsaturated/α-hetero) is 1. The minimum Gasteiger partial charge on any atom is -0.468 e. The molecule has 0 bridgehead atoms. The first-order valence-electron chi connectivity index (χ1n) is 5.49. The van der Waals surface area contributed by atoms with Crippen molar-refractivity contribution in [2.24, 2.45) is 5.92 Å². The molecule has 0 saturated heterocycles. The first-order chi connectivity index (χ1) is 7.36. The van der Waals surface area contributed by atoms with E-state index in [2.05, 4.69) is 0 Å². The fraction of sp³-hybridized carbons (Fsp3) is 0.583. The Morgan fingerprint density at radius 2 is 2.27 bits per heavy atom. The van der Waals surface area contributed by atoms with Gasteiger partial charge in [-0.2, -0.15) is 0 Å². The maximum atomic E-state index is 11.7. The zero-order valence-corrected chi connectivity index (χ0v) is 9.59. The molecule has 0 N–H and O–H groups in total. The number of furan rings is 1. The summed E-state index contributed by atoms with van der Waals surface area (Å²) in [5.41, 5.74) is 0. The Balaban J connectivity index is 1.67. The molecule has 0 unspecified atom stereocenters. The molecular formula is C12H16O2S. The fourth-order valence-corrected chi connectivity index (χ4v) is 2.92. The van der Waals surface area contributed by atoms with Gasteiger partial charge < -0.3 is 4.42 Å². The Morgan fingerprint density at radius 1 is 1.47 bits per heavy atom. The second kappa shape index (κ2) is 5.40. The van der Waals surface area contributed by atoms with Crippen LogP contribution in [0.15, 0.2) is 22.8 Å². The minimum absolute atomic E-state index is 0.356. The Labute approximate surface area is 94.4 Å². The third-order valence-electron chi connectivity index (χ3n) is 2.88. The van der Waals surface area contributed by atoms with Crippen molar-refractivity contribution >= 4 is 17.5 Å². The Morgan fingerprint density at radius 3 is 2.93 bits per heavy atom. The highest BCUT2D eigenvalue weighted by Crippen LogP contribution is 2.27. The SMILES string of the molecule is O=C(CSCc1ccco1)C1CCCC1. The van der Waals surface area contributed by atoms with Crippen LogP contribution in [0.3, 0.4) is 0 Å². The molecule has 0 spiro atoms. The van der Waals surface area contributed by atoms with E-state index in [1.165, 1.54) is 12.8 Å². The lowest BCUT2D eigenvalue weighted by Crippen LogP contribution is -2.13. The van der Waals surface area contributed by atoms with E-state index in [1.807, 2.05) is 12.1 Å². The van der Waals surface area contributed by atoms with Crippen LogP contribution in [0.4, 0.5) is 0 Å². The second-order valence-corrected chi connectivity index (χ2v) is 5.01. The van der Waals surface area contributed by atoms with Gasteiger partial charge in [0, 0.05) is 5.92 Å². The van der Waals surface area contributed by atoms with Crippen molar-refractivity contribution < 1.29 is 9.21 Å². The lowest BCUT2D eigenvalue weighted by Gasteiger charge is -2.06. The molecule has 15 heavy (non-hydrogen) atoms. The summed E-state index contributed by atoms with van der Waals surface area (Å²) in [5, 5.41) is 0. The van der Waals surface area contributed by atoms with Gasteiger partial charge in [0.15, 0.2) is 0 Å². The molecule has 82 valence electrons. The molecule has 0 amide bonds. The van der Waals surface area contributed by atoms with Crippen LogP contribution in [0.5, 0.6) is 0 Å². The average molecular weight is 224 g/mol.